The number of hydrogen-bond acceptors (Lipinski definition) is 5. The quantitative estimate of drug-likeness (QED) is 0.518. The Balaban J connectivity index is 0.00000280. The number of nitrogens with zero attached hydrogens (tertiary/aromatic N) is 3. The number of imide groups is 1. The third-order valence-electron chi connectivity index (χ3n) is 5.29. The summed E-state index contributed by atoms with van der Waals surface area (Å²) in [6, 6.07) is 6.91. The largest absolute Gasteiger partial charge is 0.395 e. The molecule has 7 nitrogen and oxygen atoms in total. The molecule has 28 heavy (non-hydrogen) atoms. The van der Waals surface area contributed by atoms with Crippen LogP contribution in [0.2, 0.25) is 0 Å². The molecule has 3 rings (SSSR count). The molecule has 3 amide bonds. The SMILES string of the molecule is Cl.O=C(CCCCCN1C(=O)c2ccccc2C1=O)N1CCN(CCO)CC1. The molecule has 2 heterocycles. The topological polar surface area (TPSA) is 81.2 Å². The first-order valence-electron chi connectivity index (χ1n) is 9.68. The predicted octanol–water partition coefficient (Wildman–Crippen LogP) is 1.40. The van der Waals surface area contributed by atoms with E-state index in [9.17, 15) is 14.4 Å². The first kappa shape index (κ1) is 22.3. The summed E-state index contributed by atoms with van der Waals surface area (Å²) in [5, 5.41) is 8.95. The Kier molecular flexibility index (Phi) is 8.41. The molecule has 1 fully saturated rings. The van der Waals surface area contributed by atoms with Crippen LogP contribution in [0.15, 0.2) is 24.3 Å². The maximum atomic E-state index is 12.3. The molecule has 0 atom stereocenters. The van der Waals surface area contributed by atoms with Crippen LogP contribution in [0.4, 0.5) is 0 Å². The average Bonchev–Trinajstić information content (AvgIpc) is 2.93. The molecule has 0 spiro atoms. The van der Waals surface area contributed by atoms with Crippen LogP contribution in [-0.4, -0.2) is 83.4 Å². The lowest BCUT2D eigenvalue weighted by atomic mass is 10.1. The molecule has 0 aliphatic carbocycles. The number of aliphatic hydroxyl groups excluding tert-OH is 1. The Morgan fingerprint density at radius 2 is 1.50 bits per heavy atom. The van der Waals surface area contributed by atoms with E-state index in [1.54, 1.807) is 24.3 Å². The first-order chi connectivity index (χ1) is 13.1. The van der Waals surface area contributed by atoms with Gasteiger partial charge in [-0.15, -0.1) is 12.4 Å². The van der Waals surface area contributed by atoms with E-state index in [0.29, 0.717) is 50.1 Å². The zero-order valence-corrected chi connectivity index (χ0v) is 16.8. The minimum absolute atomic E-state index is 0. The van der Waals surface area contributed by atoms with E-state index < -0.39 is 0 Å². The number of fused-ring (bicyclic) bond motifs is 1. The molecule has 0 saturated carbocycles. The van der Waals surface area contributed by atoms with Gasteiger partial charge in [-0.1, -0.05) is 18.6 Å². The van der Waals surface area contributed by atoms with Crippen LogP contribution in [0.5, 0.6) is 0 Å². The van der Waals surface area contributed by atoms with E-state index in [4.69, 9.17) is 5.11 Å². The number of aliphatic hydroxyl groups is 1. The van der Waals surface area contributed by atoms with E-state index in [1.807, 2.05) is 4.90 Å². The fourth-order valence-electron chi connectivity index (χ4n) is 3.69. The lowest BCUT2D eigenvalue weighted by Gasteiger charge is -2.34. The van der Waals surface area contributed by atoms with Crippen LogP contribution in [0.1, 0.15) is 46.4 Å². The fourth-order valence-corrected chi connectivity index (χ4v) is 3.69. The van der Waals surface area contributed by atoms with Gasteiger partial charge in [0.25, 0.3) is 11.8 Å². The molecule has 0 radical (unpaired) electrons. The van der Waals surface area contributed by atoms with Crippen molar-refractivity contribution in [3.63, 3.8) is 0 Å². The molecule has 2 aliphatic rings. The van der Waals surface area contributed by atoms with Crippen molar-refractivity contribution >= 4 is 30.1 Å². The minimum atomic E-state index is -0.215. The van der Waals surface area contributed by atoms with Gasteiger partial charge in [-0.3, -0.25) is 24.2 Å². The van der Waals surface area contributed by atoms with Gasteiger partial charge in [0, 0.05) is 45.7 Å². The molecule has 0 unspecified atom stereocenters. The number of β-amino-alcohol motifs (C(OH)–C–C–N with tert-alkyl or cyclic N) is 1. The van der Waals surface area contributed by atoms with Gasteiger partial charge in [0.15, 0.2) is 0 Å². The van der Waals surface area contributed by atoms with Crippen LogP contribution in [0.25, 0.3) is 0 Å². The lowest BCUT2D eigenvalue weighted by Crippen LogP contribution is -2.49. The third kappa shape index (κ3) is 5.10. The van der Waals surface area contributed by atoms with Crippen LogP contribution in [-0.2, 0) is 4.79 Å². The number of unbranched alkanes of at least 4 members (excludes halogenated alkanes) is 2. The highest BCUT2D eigenvalue weighted by molar-refractivity contribution is 6.21. The highest BCUT2D eigenvalue weighted by atomic mass is 35.5. The third-order valence-corrected chi connectivity index (χ3v) is 5.29. The molecule has 1 aromatic carbocycles. The van der Waals surface area contributed by atoms with Gasteiger partial charge in [-0.2, -0.15) is 0 Å². The van der Waals surface area contributed by atoms with Gasteiger partial charge in [-0.25, -0.2) is 0 Å². The second-order valence-corrected chi connectivity index (χ2v) is 7.06. The molecule has 1 N–H and O–H groups in total. The summed E-state index contributed by atoms with van der Waals surface area (Å²) >= 11 is 0. The molecule has 0 bridgehead atoms. The summed E-state index contributed by atoms with van der Waals surface area (Å²) < 4.78 is 0. The Morgan fingerprint density at radius 3 is 2.07 bits per heavy atom. The van der Waals surface area contributed by atoms with Crippen LogP contribution >= 0.6 is 12.4 Å². The Hall–Kier alpha value is -1.96. The molecule has 0 aromatic heterocycles. The van der Waals surface area contributed by atoms with Crippen LogP contribution in [0.3, 0.4) is 0 Å². The molecule has 154 valence electrons. The van der Waals surface area contributed by atoms with Crippen LogP contribution < -0.4 is 0 Å². The van der Waals surface area contributed by atoms with Gasteiger partial charge >= 0.3 is 0 Å². The zero-order valence-electron chi connectivity index (χ0n) is 16.0. The van der Waals surface area contributed by atoms with Gasteiger partial charge < -0.3 is 10.0 Å². The van der Waals surface area contributed by atoms with Gasteiger partial charge in [0.1, 0.15) is 0 Å². The maximum Gasteiger partial charge on any atom is 0.261 e. The van der Waals surface area contributed by atoms with Crippen LogP contribution in [0, 0.1) is 0 Å². The van der Waals surface area contributed by atoms with Crippen molar-refractivity contribution in [2.24, 2.45) is 0 Å². The monoisotopic (exact) mass is 409 g/mol. The van der Waals surface area contributed by atoms with Crippen molar-refractivity contribution in [3.8, 4) is 0 Å². The fraction of sp³-hybridized carbons (Fsp3) is 0.550. The summed E-state index contributed by atoms with van der Waals surface area (Å²) in [7, 11) is 0. The first-order valence-corrected chi connectivity index (χ1v) is 9.68. The summed E-state index contributed by atoms with van der Waals surface area (Å²) in [6.45, 7) is 4.28. The van der Waals surface area contributed by atoms with Crippen molar-refractivity contribution in [2.45, 2.75) is 25.7 Å². The second kappa shape index (κ2) is 10.5. The number of rotatable bonds is 8. The van der Waals surface area contributed by atoms with Gasteiger partial charge in [-0.05, 0) is 25.0 Å². The molecular formula is C20H28ClN3O4. The molecule has 1 aromatic rings. The van der Waals surface area contributed by atoms with Crippen molar-refractivity contribution < 1.29 is 19.5 Å². The lowest BCUT2D eigenvalue weighted by molar-refractivity contribution is -0.133. The van der Waals surface area contributed by atoms with E-state index in [-0.39, 0.29) is 36.7 Å². The minimum Gasteiger partial charge on any atom is -0.395 e. The molecular weight excluding hydrogens is 382 g/mol. The summed E-state index contributed by atoms with van der Waals surface area (Å²) in [5.74, 6) is -0.265. The number of carbonyl (C=O) groups excluding carboxylic acids is 3. The highest BCUT2D eigenvalue weighted by Gasteiger charge is 2.34. The Bertz CT molecular complexity index is 669. The predicted molar refractivity (Wildman–Crippen MR) is 108 cm³/mol. The number of piperazine rings is 1. The summed E-state index contributed by atoms with van der Waals surface area (Å²) in [4.78, 5) is 42.2. The van der Waals surface area contributed by atoms with E-state index in [1.165, 1.54) is 4.90 Å². The molecule has 2 aliphatic heterocycles. The van der Waals surface area contributed by atoms with Gasteiger partial charge in [0.2, 0.25) is 5.91 Å². The highest BCUT2D eigenvalue weighted by Crippen LogP contribution is 2.22. The van der Waals surface area contributed by atoms with Gasteiger partial charge in [0.05, 0.1) is 17.7 Å². The summed E-state index contributed by atoms with van der Waals surface area (Å²) in [5.41, 5.74) is 0.969. The normalized spacial score (nSPS) is 16.9. The average molecular weight is 410 g/mol. The Morgan fingerprint density at radius 1 is 0.893 bits per heavy atom. The van der Waals surface area contributed by atoms with E-state index >= 15 is 0 Å². The Labute approximate surface area is 171 Å². The second-order valence-electron chi connectivity index (χ2n) is 7.06. The van der Waals surface area contributed by atoms with Crippen molar-refractivity contribution in [1.29, 1.82) is 0 Å². The number of hydrogen-bond donors (Lipinski definition) is 1. The molecule has 8 heteroatoms. The molecule has 1 saturated heterocycles. The summed E-state index contributed by atoms with van der Waals surface area (Å²) in [6.07, 6.45) is 2.79. The standard InChI is InChI=1S/C20H27N3O4.ClH/c24-15-14-21-10-12-22(13-11-21)18(25)8-2-1-5-9-23-19(26)16-6-3-4-7-17(16)20(23)27;/h3-4,6-7,24H,1-2,5,8-15H2;1H. The smallest absolute Gasteiger partial charge is 0.261 e. The number of carbonyl (C=O) groups is 3. The van der Waals surface area contributed by atoms with E-state index in [2.05, 4.69) is 4.90 Å². The number of amides is 3. The van der Waals surface area contributed by atoms with E-state index in [0.717, 1.165) is 25.9 Å². The maximum absolute atomic E-state index is 12.3. The number of halogens is 1. The van der Waals surface area contributed by atoms with Crippen molar-refractivity contribution in [1.82, 2.24) is 14.7 Å². The van der Waals surface area contributed by atoms with Crippen molar-refractivity contribution in [3.05, 3.63) is 35.4 Å². The number of benzene rings is 1. The zero-order chi connectivity index (χ0) is 19.2. The van der Waals surface area contributed by atoms with Crippen molar-refractivity contribution in [2.75, 3.05) is 45.9 Å².